The second kappa shape index (κ2) is 6.78. The number of fused-ring (bicyclic) bond motifs is 1. The molecule has 142 valence electrons. The van der Waals surface area contributed by atoms with Crippen molar-refractivity contribution in [3.8, 4) is 0 Å². The van der Waals surface area contributed by atoms with Gasteiger partial charge in [-0.2, -0.15) is 0 Å². The summed E-state index contributed by atoms with van der Waals surface area (Å²) in [5.74, 6) is -0.0341. The molecule has 1 aromatic heterocycles. The van der Waals surface area contributed by atoms with E-state index in [4.69, 9.17) is 17.2 Å². The molecule has 2 aliphatic heterocycles. The minimum atomic E-state index is -1.18. The topological polar surface area (TPSA) is 155 Å². The number of nitrogen functional groups attached to an aromatic ring is 2. The van der Waals surface area contributed by atoms with Gasteiger partial charge in [-0.3, -0.25) is 4.79 Å². The van der Waals surface area contributed by atoms with Crippen LogP contribution in [0.3, 0.4) is 0 Å². The lowest BCUT2D eigenvalue weighted by Crippen LogP contribution is -2.73. The average Bonchev–Trinajstić information content (AvgIpc) is 2.62. The van der Waals surface area contributed by atoms with Crippen LogP contribution in [0.25, 0.3) is 0 Å². The number of thioether (sulfide) groups is 2. The van der Waals surface area contributed by atoms with Gasteiger partial charge in [-0.1, -0.05) is 23.7 Å². The number of carbonyl (C=O) groups excluding carboxylic acids is 2. The third kappa shape index (κ3) is 2.87. The molecule has 0 aliphatic carbocycles. The summed E-state index contributed by atoms with van der Waals surface area (Å²) in [7, 11) is 1.76. The number of anilines is 2. The maximum atomic E-state index is 11.9. The first kappa shape index (κ1) is 19.1. The van der Waals surface area contributed by atoms with Gasteiger partial charge in [-0.25, -0.2) is 4.57 Å². The van der Waals surface area contributed by atoms with Crippen molar-refractivity contribution in [2.75, 3.05) is 29.5 Å². The summed E-state index contributed by atoms with van der Waals surface area (Å²) in [5, 5.41) is 12.3. The number of β-lactam (4-membered cyclic amide) rings is 1. The number of carboxylic acids is 1. The van der Waals surface area contributed by atoms with Gasteiger partial charge in [-0.15, -0.1) is 11.8 Å². The molecule has 0 spiro atoms. The van der Waals surface area contributed by atoms with Crippen LogP contribution < -0.4 is 26.9 Å². The summed E-state index contributed by atoms with van der Waals surface area (Å²) in [4.78, 5) is 29.7. The predicted molar refractivity (Wildman–Crippen MR) is 97.7 cm³/mol. The Labute approximate surface area is 159 Å². The van der Waals surface area contributed by atoms with Crippen LogP contribution in [0.1, 0.15) is 12.5 Å². The van der Waals surface area contributed by atoms with E-state index in [1.165, 1.54) is 28.4 Å². The molecule has 2 fully saturated rings. The van der Waals surface area contributed by atoms with E-state index in [2.05, 4.69) is 4.98 Å². The Bertz CT molecular complexity index is 776. The lowest BCUT2D eigenvalue weighted by atomic mass is 9.89. The molecule has 2 saturated heterocycles. The zero-order valence-electron chi connectivity index (χ0n) is 14.6. The smallest absolute Gasteiger partial charge is 0.300 e. The molecule has 6 N–H and O–H groups in total. The first-order valence-corrected chi connectivity index (χ1v) is 10.2. The standard InChI is InChI=1S/C15H22N6O3S2/c1-3-7-9(17)19-14(20(2)10(7)18)26-6-15(13(23)24)4-21-11(22)8(16)12(21)25-5-15/h8,12H,3-6,16H2,1-2H3,(H4,17,18,23,24)/t8?,12-,15?/m1/s1. The summed E-state index contributed by atoms with van der Waals surface area (Å²) < 4.78 is 1.70. The van der Waals surface area contributed by atoms with Gasteiger partial charge in [0.2, 0.25) is 17.5 Å². The highest BCUT2D eigenvalue weighted by Crippen LogP contribution is 2.43. The molecule has 2 unspecified atom stereocenters. The van der Waals surface area contributed by atoms with Crippen LogP contribution >= 0.6 is 23.5 Å². The number of aromatic nitrogens is 2. The number of nitrogens with two attached hydrogens (primary N) is 3. The van der Waals surface area contributed by atoms with Crippen LogP contribution in [-0.2, 0) is 23.1 Å². The second-order valence-corrected chi connectivity index (χ2v) is 8.65. The van der Waals surface area contributed by atoms with E-state index in [9.17, 15) is 14.7 Å². The minimum absolute atomic E-state index is 0.0915. The summed E-state index contributed by atoms with van der Waals surface area (Å²) in [6.07, 6.45) is 0.655. The number of carboxylic acid groups (broad SMARTS) is 1. The molecule has 0 aromatic carbocycles. The Hall–Kier alpha value is -1.72. The Balaban J connectivity index is 1.81. The molecule has 2 aliphatic rings. The zero-order chi connectivity index (χ0) is 19.2. The molecule has 0 radical (unpaired) electrons. The molecule has 1 amide bonds. The van der Waals surface area contributed by atoms with Crippen molar-refractivity contribution in [3.63, 3.8) is 0 Å². The SMILES string of the molecule is CCc1c(N)nc(SCC2(C(=O)[O-])CS[C@@H]3C(N)C(=O)N3C2)[n+](C)c1N. The number of hydrogen-bond donors (Lipinski definition) is 3. The van der Waals surface area contributed by atoms with Crippen LogP contribution in [0.15, 0.2) is 5.16 Å². The normalized spacial score (nSPS) is 27.8. The van der Waals surface area contributed by atoms with Gasteiger partial charge in [-0.05, 0) is 6.42 Å². The van der Waals surface area contributed by atoms with Gasteiger partial charge in [0.1, 0.15) is 11.4 Å². The number of amides is 1. The zero-order valence-corrected chi connectivity index (χ0v) is 16.2. The Kier molecular flexibility index (Phi) is 4.97. The van der Waals surface area contributed by atoms with E-state index in [0.717, 1.165) is 5.56 Å². The molecule has 0 bridgehead atoms. The molecule has 3 atom stereocenters. The van der Waals surface area contributed by atoms with Crippen molar-refractivity contribution >= 4 is 47.0 Å². The van der Waals surface area contributed by atoms with E-state index in [1.807, 2.05) is 6.92 Å². The van der Waals surface area contributed by atoms with Crippen LogP contribution in [0.4, 0.5) is 11.6 Å². The number of aliphatic carboxylic acids is 1. The van der Waals surface area contributed by atoms with Crippen LogP contribution in [0.5, 0.6) is 0 Å². The van der Waals surface area contributed by atoms with E-state index < -0.39 is 17.4 Å². The molecular formula is C15H22N6O3S2. The van der Waals surface area contributed by atoms with Crippen molar-refractivity contribution in [2.24, 2.45) is 18.2 Å². The molecule has 3 rings (SSSR count). The molecule has 0 saturated carbocycles. The molecule has 1 aromatic rings. The van der Waals surface area contributed by atoms with Crippen LogP contribution in [0.2, 0.25) is 0 Å². The highest BCUT2D eigenvalue weighted by atomic mass is 32.2. The average molecular weight is 399 g/mol. The minimum Gasteiger partial charge on any atom is -0.549 e. The molecule has 9 nitrogen and oxygen atoms in total. The molecular weight excluding hydrogens is 376 g/mol. The number of rotatable bonds is 5. The maximum Gasteiger partial charge on any atom is 0.300 e. The van der Waals surface area contributed by atoms with Crippen molar-refractivity contribution < 1.29 is 19.3 Å². The lowest BCUT2D eigenvalue weighted by molar-refractivity contribution is -0.699. The van der Waals surface area contributed by atoms with Gasteiger partial charge < -0.3 is 32.0 Å². The van der Waals surface area contributed by atoms with Gasteiger partial charge in [0.05, 0.1) is 18.6 Å². The molecule has 26 heavy (non-hydrogen) atoms. The number of hydrogen-bond acceptors (Lipinski definition) is 9. The summed E-state index contributed by atoms with van der Waals surface area (Å²) in [6.45, 7) is 2.03. The van der Waals surface area contributed by atoms with Crippen molar-refractivity contribution in [3.05, 3.63) is 5.56 Å². The first-order valence-electron chi connectivity index (χ1n) is 8.17. The predicted octanol–water partition coefficient (Wildman–Crippen LogP) is -2.30. The van der Waals surface area contributed by atoms with Crippen LogP contribution in [-0.4, -0.2) is 51.2 Å². The quantitative estimate of drug-likeness (QED) is 0.215. The van der Waals surface area contributed by atoms with Crippen molar-refractivity contribution in [1.29, 1.82) is 0 Å². The summed E-state index contributed by atoms with van der Waals surface area (Å²) in [5.41, 5.74) is 17.4. The fourth-order valence-electron chi connectivity index (χ4n) is 3.17. The van der Waals surface area contributed by atoms with E-state index in [0.29, 0.717) is 29.0 Å². The summed E-state index contributed by atoms with van der Waals surface area (Å²) >= 11 is 2.63. The Morgan fingerprint density at radius 1 is 1.54 bits per heavy atom. The fraction of sp³-hybridized carbons (Fsp3) is 0.600. The highest BCUT2D eigenvalue weighted by Gasteiger charge is 2.53. The van der Waals surface area contributed by atoms with Gasteiger partial charge in [0, 0.05) is 23.5 Å². The molecule has 3 heterocycles. The monoisotopic (exact) mass is 398 g/mol. The second-order valence-electron chi connectivity index (χ2n) is 6.61. The highest BCUT2D eigenvalue weighted by molar-refractivity contribution is 8.00. The van der Waals surface area contributed by atoms with E-state index in [1.54, 1.807) is 11.6 Å². The van der Waals surface area contributed by atoms with Gasteiger partial charge in [0.15, 0.2) is 0 Å². The van der Waals surface area contributed by atoms with Crippen molar-refractivity contribution in [1.82, 2.24) is 9.88 Å². The van der Waals surface area contributed by atoms with Crippen molar-refractivity contribution in [2.45, 2.75) is 29.9 Å². The largest absolute Gasteiger partial charge is 0.549 e. The third-order valence-electron chi connectivity index (χ3n) is 4.93. The molecule has 11 heteroatoms. The summed E-state index contributed by atoms with van der Waals surface area (Å²) in [6, 6.07) is -0.548. The third-order valence-corrected chi connectivity index (χ3v) is 7.86. The van der Waals surface area contributed by atoms with Gasteiger partial charge >= 0.3 is 5.16 Å². The van der Waals surface area contributed by atoms with Gasteiger partial charge in [0.25, 0.3) is 0 Å². The fourth-order valence-corrected chi connectivity index (χ4v) is 5.96. The Morgan fingerprint density at radius 3 is 2.85 bits per heavy atom. The van der Waals surface area contributed by atoms with Crippen LogP contribution in [0, 0.1) is 5.41 Å². The first-order chi connectivity index (χ1) is 12.2. The number of carbonyl (C=O) groups is 2. The maximum absolute atomic E-state index is 11.9. The van der Waals surface area contributed by atoms with E-state index in [-0.39, 0.29) is 23.6 Å². The van der Waals surface area contributed by atoms with E-state index >= 15 is 0 Å². The Morgan fingerprint density at radius 2 is 2.23 bits per heavy atom. The lowest BCUT2D eigenvalue weighted by Gasteiger charge is -2.54. The number of nitrogens with zero attached hydrogens (tertiary/aromatic N) is 3.